The van der Waals surface area contributed by atoms with Gasteiger partial charge in [-0.3, -0.25) is 0 Å². The van der Waals surface area contributed by atoms with Gasteiger partial charge in [0.2, 0.25) is 0 Å². The number of hydrogen-bond acceptors (Lipinski definition) is 3. The number of allylic oxidation sites excluding steroid dienone is 6. The number of nitrogens with one attached hydrogen (secondary N) is 1. The van der Waals surface area contributed by atoms with E-state index in [4.69, 9.17) is 4.42 Å². The van der Waals surface area contributed by atoms with E-state index in [1.807, 2.05) is 0 Å². The third kappa shape index (κ3) is 5.36. The lowest BCUT2D eigenvalue weighted by Crippen LogP contribution is -2.46. The maximum atomic E-state index is 6.61. The Morgan fingerprint density at radius 2 is 1.46 bits per heavy atom. The summed E-state index contributed by atoms with van der Waals surface area (Å²) >= 11 is 0. The van der Waals surface area contributed by atoms with Crippen molar-refractivity contribution in [3.8, 4) is 5.69 Å². The van der Waals surface area contributed by atoms with Crippen LogP contribution in [0.2, 0.25) is 0 Å². The van der Waals surface area contributed by atoms with Crippen molar-refractivity contribution in [3.05, 3.63) is 220 Å². The first-order valence-electron chi connectivity index (χ1n) is 24.3. The Morgan fingerprint density at radius 1 is 0.691 bits per heavy atom. The van der Waals surface area contributed by atoms with Crippen LogP contribution in [0.15, 0.2) is 186 Å². The fraction of sp³-hybridized carbons (Fsp3) is 0.143. The highest BCUT2D eigenvalue weighted by molar-refractivity contribution is 6.09. The zero-order chi connectivity index (χ0) is 44.7. The van der Waals surface area contributed by atoms with Crippen LogP contribution >= 0.6 is 0 Å². The lowest BCUT2D eigenvalue weighted by atomic mass is 9.79. The topological polar surface area (TPSA) is 38.3 Å². The molecule has 9 aromatic rings. The van der Waals surface area contributed by atoms with Crippen molar-refractivity contribution < 1.29 is 4.42 Å². The van der Waals surface area contributed by atoms with Crippen molar-refractivity contribution in [1.29, 1.82) is 0 Å². The minimum Gasteiger partial charge on any atom is -0.456 e. The molecule has 1 fully saturated rings. The standard InChI is InChI=1S/C63H48N4O/c1-62(42-14-13-15-45(35-42)66-57-23-10-6-18-49(57)50-19-7-11-24-58(50)66)37-46(38-64-39-62)67-59-25-12-8-20-52(59)54-34-41(32-43-36-63(43,54)67)40-26-30-61-53(33-40)51-29-27-44(28-31-60(51)68-61)65-55-21-4-2-3-16-47(55)48-17-5-9-22-56(48)65/h3-26,28-35,37,43,64H,2,27,36,38-39H2,1H3. The lowest BCUT2D eigenvalue weighted by molar-refractivity contribution is 0.492. The molecule has 3 unspecified atom stereocenters. The summed E-state index contributed by atoms with van der Waals surface area (Å²) in [5.41, 5.74) is 19.5. The van der Waals surface area contributed by atoms with E-state index < -0.39 is 0 Å². The van der Waals surface area contributed by atoms with E-state index in [0.717, 1.165) is 43.4 Å². The number of rotatable bonds is 5. The van der Waals surface area contributed by atoms with E-state index in [0.29, 0.717) is 5.92 Å². The number of furan rings is 1. The van der Waals surface area contributed by atoms with E-state index in [9.17, 15) is 0 Å². The number of anilines is 1. The predicted octanol–water partition coefficient (Wildman–Crippen LogP) is 12.9. The van der Waals surface area contributed by atoms with Gasteiger partial charge in [-0.05, 0) is 108 Å². The van der Waals surface area contributed by atoms with Gasteiger partial charge in [-0.15, -0.1) is 0 Å². The monoisotopic (exact) mass is 876 g/mol. The average molecular weight is 877 g/mol. The molecule has 326 valence electrons. The predicted molar refractivity (Wildman–Crippen MR) is 283 cm³/mol. The largest absolute Gasteiger partial charge is 0.456 e. The van der Waals surface area contributed by atoms with Gasteiger partial charge in [0.15, 0.2) is 0 Å². The number of fused-ring (bicyclic) bond motifs is 11. The molecule has 1 saturated carbocycles. The van der Waals surface area contributed by atoms with Crippen LogP contribution in [0.1, 0.15) is 54.1 Å². The van der Waals surface area contributed by atoms with Gasteiger partial charge in [-0.25, -0.2) is 0 Å². The highest BCUT2D eigenvalue weighted by Crippen LogP contribution is 2.68. The second kappa shape index (κ2) is 14.1. The third-order valence-corrected chi connectivity index (χ3v) is 16.0. The van der Waals surface area contributed by atoms with Crippen LogP contribution in [-0.4, -0.2) is 27.8 Å². The van der Waals surface area contributed by atoms with E-state index in [2.05, 4.69) is 227 Å². The number of aromatic nitrogens is 2. The second-order valence-corrected chi connectivity index (χ2v) is 19.9. The van der Waals surface area contributed by atoms with E-state index in [1.54, 1.807) is 0 Å². The molecule has 1 N–H and O–H groups in total. The van der Waals surface area contributed by atoms with Crippen molar-refractivity contribution in [1.82, 2.24) is 14.5 Å². The normalized spacial score (nSPS) is 22.2. The molecule has 0 saturated heterocycles. The van der Waals surface area contributed by atoms with Crippen LogP contribution in [-0.2, 0) is 5.41 Å². The van der Waals surface area contributed by atoms with Crippen molar-refractivity contribution in [2.75, 3.05) is 18.0 Å². The van der Waals surface area contributed by atoms with E-state index >= 15 is 0 Å². The Kier molecular flexibility index (Phi) is 7.93. The minimum absolute atomic E-state index is 0.0861. The molecular weight excluding hydrogens is 829 g/mol. The van der Waals surface area contributed by atoms with Gasteiger partial charge < -0.3 is 23.8 Å². The number of para-hydroxylation sites is 4. The molecule has 6 aromatic carbocycles. The summed E-state index contributed by atoms with van der Waals surface area (Å²) in [6, 6.07) is 51.5. The molecule has 5 heteroatoms. The molecule has 4 aliphatic carbocycles. The first kappa shape index (κ1) is 38.3. The Bertz CT molecular complexity index is 3970. The van der Waals surface area contributed by atoms with Gasteiger partial charge >= 0.3 is 0 Å². The molecule has 0 amide bonds. The Labute approximate surface area is 394 Å². The zero-order valence-electron chi connectivity index (χ0n) is 37.9. The van der Waals surface area contributed by atoms with Crippen molar-refractivity contribution >= 4 is 90.5 Å². The van der Waals surface area contributed by atoms with Gasteiger partial charge in [0, 0.05) is 91.5 Å². The molecule has 15 rings (SSSR count). The summed E-state index contributed by atoms with van der Waals surface area (Å²) in [6.07, 6.45) is 26.4. The summed E-state index contributed by atoms with van der Waals surface area (Å²) in [5.74, 6) is 0.400. The van der Waals surface area contributed by atoms with Crippen molar-refractivity contribution in [2.24, 2.45) is 5.92 Å². The molecule has 0 radical (unpaired) electrons. The molecule has 68 heavy (non-hydrogen) atoms. The molecular formula is C63H48N4O. The Balaban J connectivity index is 0.777. The quantitative estimate of drug-likeness (QED) is 0.187. The van der Waals surface area contributed by atoms with E-state index in [1.165, 1.54) is 105 Å². The van der Waals surface area contributed by atoms with Gasteiger partial charge in [0.05, 0.1) is 27.8 Å². The van der Waals surface area contributed by atoms with Crippen LogP contribution < -0.4 is 20.9 Å². The minimum atomic E-state index is -0.216. The van der Waals surface area contributed by atoms with Crippen molar-refractivity contribution in [2.45, 2.75) is 37.1 Å². The molecule has 5 heterocycles. The molecule has 6 aliphatic rings. The van der Waals surface area contributed by atoms with Crippen LogP contribution in [0.5, 0.6) is 0 Å². The highest BCUT2D eigenvalue weighted by atomic mass is 16.3. The smallest absolute Gasteiger partial charge is 0.135 e. The molecule has 2 aliphatic heterocycles. The fourth-order valence-corrected chi connectivity index (χ4v) is 12.8. The third-order valence-electron chi connectivity index (χ3n) is 16.0. The summed E-state index contributed by atoms with van der Waals surface area (Å²) in [6.45, 7) is 4.12. The molecule has 3 aromatic heterocycles. The van der Waals surface area contributed by atoms with Crippen LogP contribution in [0.4, 0.5) is 5.69 Å². The molecule has 1 spiro atoms. The maximum Gasteiger partial charge on any atom is 0.135 e. The average Bonchev–Trinajstić information content (AvgIpc) is 3.79. The van der Waals surface area contributed by atoms with Gasteiger partial charge in [-0.1, -0.05) is 134 Å². The number of hydrogen-bond donors (Lipinski definition) is 1. The second-order valence-electron chi connectivity index (χ2n) is 19.9. The van der Waals surface area contributed by atoms with Gasteiger partial charge in [0.1, 0.15) is 11.0 Å². The first-order valence-corrected chi connectivity index (χ1v) is 24.3. The van der Waals surface area contributed by atoms with E-state index in [-0.39, 0.29) is 11.0 Å². The highest BCUT2D eigenvalue weighted by Gasteiger charge is 2.65. The lowest BCUT2D eigenvalue weighted by Gasteiger charge is -2.40. The first-order chi connectivity index (χ1) is 33.5. The molecule has 3 atom stereocenters. The summed E-state index contributed by atoms with van der Waals surface area (Å²) in [7, 11) is 0. The summed E-state index contributed by atoms with van der Waals surface area (Å²) in [4.78, 5) is 2.72. The number of nitrogens with zero attached hydrogens (tertiary/aromatic N) is 3. The summed E-state index contributed by atoms with van der Waals surface area (Å²) in [5, 5.41) is 10.1. The van der Waals surface area contributed by atoms with Crippen molar-refractivity contribution in [3.63, 3.8) is 0 Å². The number of benzene rings is 6. The van der Waals surface area contributed by atoms with Crippen LogP contribution in [0.25, 0.3) is 90.5 Å². The van der Waals surface area contributed by atoms with Gasteiger partial charge in [0.25, 0.3) is 0 Å². The molecule has 5 nitrogen and oxygen atoms in total. The Hall–Kier alpha value is -7.86. The van der Waals surface area contributed by atoms with Crippen LogP contribution in [0.3, 0.4) is 0 Å². The Morgan fingerprint density at radius 3 is 2.31 bits per heavy atom. The van der Waals surface area contributed by atoms with Crippen LogP contribution in [0, 0.1) is 5.92 Å². The zero-order valence-corrected chi connectivity index (χ0v) is 37.9. The van der Waals surface area contributed by atoms with Gasteiger partial charge in [-0.2, -0.15) is 0 Å². The summed E-state index contributed by atoms with van der Waals surface area (Å²) < 4.78 is 11.5. The molecule has 0 bridgehead atoms. The maximum absolute atomic E-state index is 6.61. The fourth-order valence-electron chi connectivity index (χ4n) is 12.8. The SMILES string of the molecule is CC1(c2cccc(-n3c4ccccc4c4ccccc43)c2)C=C(N2c3ccccc3C3=CC(c4ccc5oc6c(c5c4)=CCC(n4c5c(c7ccccc74)C=CCC=C5)=CC=6)=CC4CC342)CNC1.